The number of rotatable bonds is 9. The lowest BCUT2D eigenvalue weighted by Gasteiger charge is -2.16. The Balaban J connectivity index is 2.03. The second-order valence-corrected chi connectivity index (χ2v) is 9.27. The second-order valence-electron chi connectivity index (χ2n) is 6.71. The van der Waals surface area contributed by atoms with Crippen molar-refractivity contribution in [2.24, 2.45) is 5.92 Å². The SMILES string of the molecule is CSc1cccc(NS(=O)(=O)c2ccc(O[C@H](C)C(=O)NCC(C)C)cc2)c1. The molecule has 8 heteroatoms. The van der Waals surface area contributed by atoms with Crippen molar-refractivity contribution >= 4 is 33.4 Å². The highest BCUT2D eigenvalue weighted by molar-refractivity contribution is 7.98. The van der Waals surface area contributed by atoms with Gasteiger partial charge in [-0.2, -0.15) is 0 Å². The zero-order chi connectivity index (χ0) is 20.7. The number of anilines is 1. The molecule has 0 aromatic heterocycles. The Labute approximate surface area is 171 Å². The van der Waals surface area contributed by atoms with Crippen LogP contribution in [0.15, 0.2) is 58.3 Å². The average Bonchev–Trinajstić information content (AvgIpc) is 2.66. The van der Waals surface area contributed by atoms with E-state index in [2.05, 4.69) is 10.0 Å². The molecule has 1 amide bonds. The van der Waals surface area contributed by atoms with Crippen LogP contribution in [0.3, 0.4) is 0 Å². The highest BCUT2D eigenvalue weighted by Gasteiger charge is 2.17. The number of benzene rings is 2. The highest BCUT2D eigenvalue weighted by atomic mass is 32.2. The van der Waals surface area contributed by atoms with Gasteiger partial charge in [-0.15, -0.1) is 11.8 Å². The summed E-state index contributed by atoms with van der Waals surface area (Å²) in [6.07, 6.45) is 1.25. The summed E-state index contributed by atoms with van der Waals surface area (Å²) in [6.45, 7) is 6.25. The third-order valence-corrected chi connectivity index (χ3v) is 5.95. The van der Waals surface area contributed by atoms with E-state index in [9.17, 15) is 13.2 Å². The van der Waals surface area contributed by atoms with Crippen molar-refractivity contribution in [3.63, 3.8) is 0 Å². The summed E-state index contributed by atoms with van der Waals surface area (Å²) in [6, 6.07) is 13.2. The number of carbonyl (C=O) groups excluding carboxylic acids is 1. The molecule has 0 unspecified atom stereocenters. The standard InChI is InChI=1S/C20H26N2O4S2/c1-14(2)13-21-20(23)15(3)26-17-8-10-19(11-9-17)28(24,25)22-16-6-5-7-18(12-16)27-4/h5-12,14-15,22H,13H2,1-4H3,(H,21,23)/t15-/m1/s1. The van der Waals surface area contributed by atoms with Gasteiger partial charge in [-0.3, -0.25) is 9.52 Å². The molecule has 0 spiro atoms. The van der Waals surface area contributed by atoms with E-state index in [0.29, 0.717) is 23.9 Å². The Morgan fingerprint density at radius 3 is 2.39 bits per heavy atom. The third kappa shape index (κ3) is 6.45. The van der Waals surface area contributed by atoms with E-state index in [0.717, 1.165) is 4.90 Å². The van der Waals surface area contributed by atoms with Crippen molar-refractivity contribution in [3.05, 3.63) is 48.5 Å². The van der Waals surface area contributed by atoms with Gasteiger partial charge in [-0.25, -0.2) is 8.42 Å². The van der Waals surface area contributed by atoms with E-state index < -0.39 is 16.1 Å². The summed E-state index contributed by atoms with van der Waals surface area (Å²) < 4.78 is 33.3. The molecule has 152 valence electrons. The quantitative estimate of drug-likeness (QED) is 0.601. The van der Waals surface area contributed by atoms with Gasteiger partial charge in [0.15, 0.2) is 6.10 Å². The molecule has 0 aliphatic heterocycles. The van der Waals surface area contributed by atoms with Gasteiger partial charge < -0.3 is 10.1 Å². The lowest BCUT2D eigenvalue weighted by atomic mass is 10.2. The second kappa shape index (κ2) is 9.84. The van der Waals surface area contributed by atoms with E-state index in [1.807, 2.05) is 26.2 Å². The van der Waals surface area contributed by atoms with Gasteiger partial charge in [0.2, 0.25) is 0 Å². The molecular formula is C20H26N2O4S2. The molecule has 0 heterocycles. The van der Waals surface area contributed by atoms with Crippen LogP contribution in [0.4, 0.5) is 5.69 Å². The number of sulfonamides is 1. The Bertz CT molecular complexity index is 897. The first-order valence-corrected chi connectivity index (χ1v) is 11.6. The van der Waals surface area contributed by atoms with Gasteiger partial charge in [0.25, 0.3) is 15.9 Å². The normalized spacial score (nSPS) is 12.5. The molecule has 0 aliphatic carbocycles. The van der Waals surface area contributed by atoms with Gasteiger partial charge >= 0.3 is 0 Å². The molecule has 0 radical (unpaired) electrons. The fourth-order valence-electron chi connectivity index (χ4n) is 2.30. The smallest absolute Gasteiger partial charge is 0.261 e. The van der Waals surface area contributed by atoms with Gasteiger partial charge in [-0.05, 0) is 61.6 Å². The third-order valence-electron chi connectivity index (χ3n) is 3.82. The Morgan fingerprint density at radius 1 is 1.11 bits per heavy atom. The summed E-state index contributed by atoms with van der Waals surface area (Å²) in [7, 11) is -3.71. The van der Waals surface area contributed by atoms with Gasteiger partial charge in [0, 0.05) is 17.1 Å². The largest absolute Gasteiger partial charge is 0.481 e. The molecule has 2 aromatic rings. The Kier molecular flexibility index (Phi) is 7.77. The molecule has 28 heavy (non-hydrogen) atoms. The molecule has 0 bridgehead atoms. The first-order valence-electron chi connectivity index (χ1n) is 8.92. The van der Waals surface area contributed by atoms with Crippen LogP contribution in [0.2, 0.25) is 0 Å². The van der Waals surface area contributed by atoms with Crippen LogP contribution in [0.25, 0.3) is 0 Å². The maximum Gasteiger partial charge on any atom is 0.261 e. The van der Waals surface area contributed by atoms with E-state index in [1.54, 1.807) is 37.3 Å². The lowest BCUT2D eigenvalue weighted by Crippen LogP contribution is -2.38. The molecular weight excluding hydrogens is 396 g/mol. The van der Waals surface area contributed by atoms with Crippen LogP contribution in [0.5, 0.6) is 5.75 Å². The molecule has 0 fully saturated rings. The van der Waals surface area contributed by atoms with Crippen molar-refractivity contribution in [2.45, 2.75) is 36.7 Å². The molecule has 0 saturated heterocycles. The first kappa shape index (κ1) is 22.1. The number of hydrogen-bond acceptors (Lipinski definition) is 5. The van der Waals surface area contributed by atoms with Crippen molar-refractivity contribution in [2.75, 3.05) is 17.5 Å². The van der Waals surface area contributed by atoms with Crippen molar-refractivity contribution in [3.8, 4) is 5.75 Å². The van der Waals surface area contributed by atoms with Crippen molar-refractivity contribution in [1.82, 2.24) is 5.32 Å². The van der Waals surface area contributed by atoms with Crippen molar-refractivity contribution in [1.29, 1.82) is 0 Å². The van der Waals surface area contributed by atoms with Crippen LogP contribution in [-0.4, -0.2) is 33.2 Å². The molecule has 1 atom stereocenters. The number of carbonyl (C=O) groups is 1. The van der Waals surface area contributed by atoms with E-state index in [-0.39, 0.29) is 10.8 Å². The van der Waals surface area contributed by atoms with Gasteiger partial charge in [0.05, 0.1) is 4.90 Å². The van der Waals surface area contributed by atoms with E-state index >= 15 is 0 Å². The predicted molar refractivity (Wildman–Crippen MR) is 113 cm³/mol. The monoisotopic (exact) mass is 422 g/mol. The van der Waals surface area contributed by atoms with E-state index in [4.69, 9.17) is 4.74 Å². The molecule has 2 N–H and O–H groups in total. The maximum atomic E-state index is 12.6. The van der Waals surface area contributed by atoms with Crippen molar-refractivity contribution < 1.29 is 17.9 Å². The summed E-state index contributed by atoms with van der Waals surface area (Å²) in [5.41, 5.74) is 0.502. The topological polar surface area (TPSA) is 84.5 Å². The summed E-state index contributed by atoms with van der Waals surface area (Å²) >= 11 is 1.54. The predicted octanol–water partition coefficient (Wildman–Crippen LogP) is 3.75. The van der Waals surface area contributed by atoms with Crippen LogP contribution in [0.1, 0.15) is 20.8 Å². The van der Waals surface area contributed by atoms with Crippen LogP contribution in [0, 0.1) is 5.92 Å². The minimum atomic E-state index is -3.71. The maximum absolute atomic E-state index is 12.6. The number of nitrogens with one attached hydrogen (secondary N) is 2. The zero-order valence-corrected chi connectivity index (χ0v) is 18.1. The summed E-state index contributed by atoms with van der Waals surface area (Å²) in [5.74, 6) is 0.570. The Hall–Kier alpha value is -2.19. The number of thioether (sulfide) groups is 1. The number of amides is 1. The van der Waals surface area contributed by atoms with Gasteiger partial charge in [0.1, 0.15) is 5.75 Å². The highest BCUT2D eigenvalue weighted by Crippen LogP contribution is 2.23. The molecule has 0 saturated carbocycles. The van der Waals surface area contributed by atoms with E-state index in [1.165, 1.54) is 23.9 Å². The lowest BCUT2D eigenvalue weighted by molar-refractivity contribution is -0.127. The van der Waals surface area contributed by atoms with Crippen LogP contribution in [-0.2, 0) is 14.8 Å². The van der Waals surface area contributed by atoms with Crippen LogP contribution < -0.4 is 14.8 Å². The van der Waals surface area contributed by atoms with Gasteiger partial charge in [-0.1, -0.05) is 19.9 Å². The molecule has 2 aromatic carbocycles. The summed E-state index contributed by atoms with van der Waals surface area (Å²) in [5, 5.41) is 2.80. The summed E-state index contributed by atoms with van der Waals surface area (Å²) in [4.78, 5) is 13.1. The fourth-order valence-corrected chi connectivity index (χ4v) is 3.81. The molecule has 0 aliphatic rings. The Morgan fingerprint density at radius 2 is 1.79 bits per heavy atom. The molecule has 6 nitrogen and oxygen atoms in total. The molecule has 2 rings (SSSR count). The van der Waals surface area contributed by atoms with Crippen LogP contribution >= 0.6 is 11.8 Å². The minimum absolute atomic E-state index is 0.117. The number of hydrogen-bond donors (Lipinski definition) is 2. The first-order chi connectivity index (χ1) is 13.2. The fraction of sp³-hybridized carbons (Fsp3) is 0.350. The minimum Gasteiger partial charge on any atom is -0.481 e. The zero-order valence-electron chi connectivity index (χ0n) is 16.4. The average molecular weight is 423 g/mol. The number of ether oxygens (including phenoxy) is 1.